The van der Waals surface area contributed by atoms with Gasteiger partial charge in [0.25, 0.3) is 6.01 Å². The summed E-state index contributed by atoms with van der Waals surface area (Å²) in [6, 6.07) is 6.13. The highest BCUT2D eigenvalue weighted by molar-refractivity contribution is 6.31. The Morgan fingerprint density at radius 2 is 2.10 bits per heavy atom. The molecule has 1 saturated heterocycles. The number of benzene rings is 1. The Hall–Kier alpha value is -1.72. The van der Waals surface area contributed by atoms with E-state index in [-0.39, 0.29) is 0 Å². The second-order valence-corrected chi connectivity index (χ2v) is 6.13. The molecule has 2 aromatic heterocycles. The molecule has 0 amide bonds. The van der Waals surface area contributed by atoms with Gasteiger partial charge >= 0.3 is 0 Å². The number of rotatable bonds is 3. The number of aromatic nitrogens is 3. The number of halogens is 2. The minimum atomic E-state index is 0.527. The van der Waals surface area contributed by atoms with Gasteiger partial charge in [0, 0.05) is 42.8 Å². The molecule has 21 heavy (non-hydrogen) atoms. The van der Waals surface area contributed by atoms with Crippen LogP contribution in [0.4, 0.5) is 6.01 Å². The predicted octanol–water partition coefficient (Wildman–Crippen LogP) is 3.47. The Labute approximate surface area is 131 Å². The molecule has 0 unspecified atom stereocenters. The van der Waals surface area contributed by atoms with Crippen LogP contribution in [0.25, 0.3) is 11.1 Å². The summed E-state index contributed by atoms with van der Waals surface area (Å²) in [4.78, 5) is 6.59. The molecule has 1 fully saturated rings. The lowest BCUT2D eigenvalue weighted by molar-refractivity contribution is 0.325. The molecule has 0 saturated carbocycles. The lowest BCUT2D eigenvalue weighted by Crippen LogP contribution is -2.48. The van der Waals surface area contributed by atoms with Gasteiger partial charge in [-0.2, -0.15) is 10.1 Å². The van der Waals surface area contributed by atoms with E-state index in [1.807, 2.05) is 23.0 Å². The summed E-state index contributed by atoms with van der Waals surface area (Å²) in [5.74, 6) is 0.527. The summed E-state index contributed by atoms with van der Waals surface area (Å²) in [5, 5.41) is 5.52. The molecule has 1 aromatic carbocycles. The number of hydrogen-bond acceptors (Lipinski definition) is 4. The van der Waals surface area contributed by atoms with Crippen LogP contribution in [-0.2, 0) is 6.54 Å². The van der Waals surface area contributed by atoms with Crippen molar-refractivity contribution in [1.29, 1.82) is 0 Å². The van der Waals surface area contributed by atoms with Gasteiger partial charge in [-0.1, -0.05) is 23.2 Å². The normalized spacial score (nSPS) is 15.6. The molecule has 108 valence electrons. The number of fused-ring (bicyclic) bond motifs is 1. The maximum absolute atomic E-state index is 5.95. The van der Waals surface area contributed by atoms with E-state index in [0.717, 1.165) is 30.7 Å². The Balaban J connectivity index is 1.44. The van der Waals surface area contributed by atoms with Crippen LogP contribution in [-0.4, -0.2) is 27.9 Å². The summed E-state index contributed by atoms with van der Waals surface area (Å²) in [7, 11) is 0. The zero-order chi connectivity index (χ0) is 14.4. The Morgan fingerprint density at radius 1 is 1.24 bits per heavy atom. The molecule has 0 spiro atoms. The molecule has 0 radical (unpaired) electrons. The summed E-state index contributed by atoms with van der Waals surface area (Å²) >= 11 is 11.8. The molecule has 5 nitrogen and oxygen atoms in total. The third kappa shape index (κ3) is 2.47. The number of oxazole rings is 1. The van der Waals surface area contributed by atoms with Crippen molar-refractivity contribution in [3.8, 4) is 0 Å². The van der Waals surface area contributed by atoms with Gasteiger partial charge in [-0.05, 0) is 12.1 Å². The van der Waals surface area contributed by atoms with Gasteiger partial charge in [0.05, 0.1) is 11.2 Å². The van der Waals surface area contributed by atoms with Crippen molar-refractivity contribution < 1.29 is 4.42 Å². The smallest absolute Gasteiger partial charge is 0.298 e. The lowest BCUT2D eigenvalue weighted by atomic mass is 10.0. The highest BCUT2D eigenvalue weighted by atomic mass is 35.5. The molecule has 0 bridgehead atoms. The van der Waals surface area contributed by atoms with E-state index in [0.29, 0.717) is 22.0 Å². The standard InChI is InChI=1S/C14H12Cl2N4O/c15-10-1-2-12-13(3-10)21-14(18-12)19-5-9(6-19)7-20-8-11(16)4-17-20/h1-4,8-9H,5-7H2. The van der Waals surface area contributed by atoms with Crippen molar-refractivity contribution in [2.24, 2.45) is 5.92 Å². The summed E-state index contributed by atoms with van der Waals surface area (Å²) in [6.45, 7) is 2.66. The minimum Gasteiger partial charge on any atom is -0.423 e. The van der Waals surface area contributed by atoms with E-state index in [4.69, 9.17) is 27.6 Å². The van der Waals surface area contributed by atoms with Crippen molar-refractivity contribution in [3.63, 3.8) is 0 Å². The lowest BCUT2D eigenvalue weighted by Gasteiger charge is -2.37. The highest BCUT2D eigenvalue weighted by Crippen LogP contribution is 2.29. The molecule has 1 aliphatic rings. The number of nitrogens with zero attached hydrogens (tertiary/aromatic N) is 4. The van der Waals surface area contributed by atoms with Gasteiger partial charge in [0.1, 0.15) is 5.52 Å². The number of hydrogen-bond donors (Lipinski definition) is 0. The zero-order valence-electron chi connectivity index (χ0n) is 11.0. The van der Waals surface area contributed by atoms with Crippen molar-refractivity contribution in [2.45, 2.75) is 6.54 Å². The van der Waals surface area contributed by atoms with Gasteiger partial charge in [-0.15, -0.1) is 0 Å². The fourth-order valence-electron chi connectivity index (χ4n) is 2.57. The molecule has 0 aliphatic carbocycles. The second kappa shape index (κ2) is 4.93. The highest BCUT2D eigenvalue weighted by Gasteiger charge is 2.30. The van der Waals surface area contributed by atoms with Crippen LogP contribution in [0.3, 0.4) is 0 Å². The largest absolute Gasteiger partial charge is 0.423 e. The van der Waals surface area contributed by atoms with Crippen LogP contribution in [0, 0.1) is 5.92 Å². The fourth-order valence-corrected chi connectivity index (χ4v) is 2.88. The van der Waals surface area contributed by atoms with E-state index in [9.17, 15) is 0 Å². The maximum Gasteiger partial charge on any atom is 0.298 e. The van der Waals surface area contributed by atoms with Crippen molar-refractivity contribution in [3.05, 3.63) is 40.6 Å². The number of anilines is 1. The topological polar surface area (TPSA) is 47.1 Å². The van der Waals surface area contributed by atoms with Crippen molar-refractivity contribution in [1.82, 2.24) is 14.8 Å². The van der Waals surface area contributed by atoms with Crippen LogP contribution >= 0.6 is 23.2 Å². The van der Waals surface area contributed by atoms with E-state index in [1.54, 1.807) is 12.3 Å². The first-order valence-corrected chi connectivity index (χ1v) is 7.42. The van der Waals surface area contributed by atoms with Crippen molar-refractivity contribution >= 4 is 40.3 Å². The average molecular weight is 323 g/mol. The molecular weight excluding hydrogens is 311 g/mol. The van der Waals surface area contributed by atoms with Crippen LogP contribution in [0.15, 0.2) is 35.0 Å². The van der Waals surface area contributed by atoms with E-state index in [1.165, 1.54) is 0 Å². The Morgan fingerprint density at radius 3 is 2.86 bits per heavy atom. The van der Waals surface area contributed by atoms with Crippen LogP contribution in [0.5, 0.6) is 0 Å². The SMILES string of the molecule is Clc1ccc2nc(N3CC(Cn4cc(Cl)cn4)C3)oc2c1. The first kappa shape index (κ1) is 13.0. The third-order valence-corrected chi connectivity index (χ3v) is 4.04. The summed E-state index contributed by atoms with van der Waals surface area (Å²) in [5.41, 5.74) is 1.55. The minimum absolute atomic E-state index is 0.527. The molecule has 0 N–H and O–H groups in total. The van der Waals surface area contributed by atoms with E-state index in [2.05, 4.69) is 15.0 Å². The predicted molar refractivity (Wildman–Crippen MR) is 82.0 cm³/mol. The van der Waals surface area contributed by atoms with Crippen LogP contribution in [0.2, 0.25) is 10.0 Å². The van der Waals surface area contributed by atoms with Crippen LogP contribution < -0.4 is 4.90 Å². The quantitative estimate of drug-likeness (QED) is 0.740. The van der Waals surface area contributed by atoms with Gasteiger partial charge in [-0.3, -0.25) is 4.68 Å². The zero-order valence-corrected chi connectivity index (χ0v) is 12.6. The Bertz CT molecular complexity index is 791. The van der Waals surface area contributed by atoms with Gasteiger partial charge < -0.3 is 9.32 Å². The first-order valence-electron chi connectivity index (χ1n) is 6.66. The van der Waals surface area contributed by atoms with Gasteiger partial charge in [0.15, 0.2) is 5.58 Å². The summed E-state index contributed by atoms with van der Waals surface area (Å²) in [6.07, 6.45) is 3.49. The fraction of sp³-hybridized carbons (Fsp3) is 0.286. The Kier molecular flexibility index (Phi) is 3.05. The average Bonchev–Trinajstić information content (AvgIpc) is 2.98. The van der Waals surface area contributed by atoms with E-state index >= 15 is 0 Å². The van der Waals surface area contributed by atoms with Gasteiger partial charge in [-0.25, -0.2) is 0 Å². The van der Waals surface area contributed by atoms with Gasteiger partial charge in [0.2, 0.25) is 0 Å². The molecule has 0 atom stereocenters. The second-order valence-electron chi connectivity index (χ2n) is 5.26. The van der Waals surface area contributed by atoms with Crippen molar-refractivity contribution in [2.75, 3.05) is 18.0 Å². The summed E-state index contributed by atoms with van der Waals surface area (Å²) < 4.78 is 7.61. The van der Waals surface area contributed by atoms with Crippen LogP contribution in [0.1, 0.15) is 0 Å². The molecule has 7 heteroatoms. The third-order valence-electron chi connectivity index (χ3n) is 3.61. The molecule has 3 aromatic rings. The maximum atomic E-state index is 5.95. The monoisotopic (exact) mass is 322 g/mol. The van der Waals surface area contributed by atoms with E-state index < -0.39 is 0 Å². The first-order chi connectivity index (χ1) is 10.2. The molecular formula is C14H12Cl2N4O. The molecule has 4 rings (SSSR count). The molecule has 1 aliphatic heterocycles. The molecule has 3 heterocycles.